The second-order valence-electron chi connectivity index (χ2n) is 4.45. The van der Waals surface area contributed by atoms with Crippen molar-refractivity contribution in [2.45, 2.75) is 19.4 Å². The van der Waals surface area contributed by atoms with Gasteiger partial charge in [0.2, 0.25) is 0 Å². The highest BCUT2D eigenvalue weighted by molar-refractivity contribution is 5.92. The molecular weight excluding hydrogens is 239 g/mol. The van der Waals surface area contributed by atoms with Gasteiger partial charge in [0.25, 0.3) is 0 Å². The zero-order valence-electron chi connectivity index (χ0n) is 10.2. The van der Waals surface area contributed by atoms with Crippen LogP contribution in [0.3, 0.4) is 0 Å². The van der Waals surface area contributed by atoms with Crippen LogP contribution in [-0.2, 0) is 10.3 Å². The Labute approximate surface area is 103 Å². The number of nitrogens with zero attached hydrogens (tertiary/aromatic N) is 1. The van der Waals surface area contributed by atoms with Gasteiger partial charge in [-0.05, 0) is 19.9 Å². The third kappa shape index (κ3) is 1.95. The van der Waals surface area contributed by atoms with E-state index >= 15 is 0 Å². The van der Waals surface area contributed by atoms with Crippen LogP contribution in [0.15, 0.2) is 12.1 Å². The van der Waals surface area contributed by atoms with Gasteiger partial charge in [0.05, 0.1) is 16.6 Å². The monoisotopic (exact) mass is 252 g/mol. The maximum Gasteiger partial charge on any atom is 0.338 e. The average Bonchev–Trinajstić information content (AvgIpc) is 2.71. The number of H-pyrrole nitrogens is 1. The molecule has 2 rings (SSSR count). The molecule has 0 spiro atoms. The molecule has 0 fully saturated rings. The van der Waals surface area contributed by atoms with Gasteiger partial charge in [-0.25, -0.2) is 14.2 Å². The number of imidazole rings is 1. The zero-order chi connectivity index (χ0) is 13.5. The van der Waals surface area contributed by atoms with Gasteiger partial charge in [0, 0.05) is 13.2 Å². The van der Waals surface area contributed by atoms with Gasteiger partial charge < -0.3 is 14.8 Å². The Balaban J connectivity index is 2.62. The molecule has 96 valence electrons. The molecule has 2 aromatic rings. The number of hydrogen-bond acceptors (Lipinski definition) is 3. The minimum Gasteiger partial charge on any atom is -0.478 e. The maximum atomic E-state index is 13.5. The van der Waals surface area contributed by atoms with Crippen LogP contribution >= 0.6 is 0 Å². The van der Waals surface area contributed by atoms with Crippen LogP contribution in [0.1, 0.15) is 30.0 Å². The summed E-state index contributed by atoms with van der Waals surface area (Å²) in [5.74, 6) is -1.59. The predicted octanol–water partition coefficient (Wildman–Crippen LogP) is 2.28. The summed E-state index contributed by atoms with van der Waals surface area (Å²) in [5, 5.41) is 8.84. The summed E-state index contributed by atoms with van der Waals surface area (Å²) in [4.78, 5) is 18.0. The summed E-state index contributed by atoms with van der Waals surface area (Å²) in [6, 6.07) is 2.33. The number of aromatic nitrogens is 2. The second-order valence-corrected chi connectivity index (χ2v) is 4.45. The standard InChI is InChI=1S/C12H13FN2O3/c1-12(2,18-3)11-14-8-4-6(10(16)17)7(13)5-9(8)15-11/h4-5H,1-3H3,(H,14,15)(H,16,17). The minimum atomic E-state index is -1.31. The first-order valence-electron chi connectivity index (χ1n) is 5.33. The first kappa shape index (κ1) is 12.5. The third-order valence-corrected chi connectivity index (χ3v) is 2.88. The number of carboxylic acids is 1. The van der Waals surface area contributed by atoms with E-state index in [1.807, 2.05) is 0 Å². The number of ether oxygens (including phenoxy) is 1. The van der Waals surface area contributed by atoms with Crippen molar-refractivity contribution in [3.8, 4) is 0 Å². The van der Waals surface area contributed by atoms with Gasteiger partial charge in [-0.1, -0.05) is 0 Å². The van der Waals surface area contributed by atoms with Gasteiger partial charge in [0.15, 0.2) is 0 Å². The highest BCUT2D eigenvalue weighted by Crippen LogP contribution is 2.25. The van der Waals surface area contributed by atoms with Crippen molar-refractivity contribution in [2.24, 2.45) is 0 Å². The fraction of sp³-hybridized carbons (Fsp3) is 0.333. The number of carboxylic acid groups (broad SMARTS) is 1. The molecule has 18 heavy (non-hydrogen) atoms. The predicted molar refractivity (Wildman–Crippen MR) is 63.0 cm³/mol. The first-order valence-corrected chi connectivity index (χ1v) is 5.33. The Kier molecular flexibility index (Phi) is 2.82. The lowest BCUT2D eigenvalue weighted by Crippen LogP contribution is -2.21. The van der Waals surface area contributed by atoms with E-state index in [4.69, 9.17) is 9.84 Å². The van der Waals surface area contributed by atoms with Gasteiger partial charge in [-0.3, -0.25) is 0 Å². The number of aromatic carboxylic acids is 1. The van der Waals surface area contributed by atoms with Crippen LogP contribution in [0.25, 0.3) is 11.0 Å². The molecular formula is C12H13FN2O3. The highest BCUT2D eigenvalue weighted by atomic mass is 19.1. The molecule has 1 aromatic carbocycles. The quantitative estimate of drug-likeness (QED) is 0.878. The van der Waals surface area contributed by atoms with Gasteiger partial charge in [0.1, 0.15) is 17.2 Å². The summed E-state index contributed by atoms with van der Waals surface area (Å²) in [5.41, 5.74) is -0.207. The van der Waals surface area contributed by atoms with Crippen molar-refractivity contribution in [1.82, 2.24) is 9.97 Å². The van der Waals surface area contributed by atoms with Crippen molar-refractivity contribution in [3.63, 3.8) is 0 Å². The number of halogens is 1. The smallest absolute Gasteiger partial charge is 0.338 e. The molecule has 0 amide bonds. The van der Waals surface area contributed by atoms with Crippen LogP contribution in [0.4, 0.5) is 4.39 Å². The van der Waals surface area contributed by atoms with Crippen molar-refractivity contribution >= 4 is 17.0 Å². The molecule has 0 atom stereocenters. The van der Waals surface area contributed by atoms with E-state index in [0.717, 1.165) is 6.07 Å². The van der Waals surface area contributed by atoms with Gasteiger partial charge >= 0.3 is 5.97 Å². The molecule has 6 heteroatoms. The Morgan fingerprint density at radius 1 is 1.50 bits per heavy atom. The van der Waals surface area contributed by atoms with Crippen LogP contribution in [-0.4, -0.2) is 28.2 Å². The van der Waals surface area contributed by atoms with E-state index in [9.17, 15) is 9.18 Å². The summed E-state index contributed by atoms with van der Waals surface area (Å²) in [6.07, 6.45) is 0. The number of aromatic amines is 1. The topological polar surface area (TPSA) is 75.2 Å². The maximum absolute atomic E-state index is 13.5. The van der Waals surface area contributed by atoms with E-state index in [1.165, 1.54) is 13.2 Å². The lowest BCUT2D eigenvalue weighted by atomic mass is 10.1. The van der Waals surface area contributed by atoms with E-state index in [0.29, 0.717) is 16.9 Å². The SMILES string of the molecule is COC(C)(C)c1nc2cc(C(=O)O)c(F)cc2[nH]1. The summed E-state index contributed by atoms with van der Waals surface area (Å²) >= 11 is 0. The Morgan fingerprint density at radius 2 is 2.17 bits per heavy atom. The molecule has 2 N–H and O–H groups in total. The van der Waals surface area contributed by atoms with Crippen LogP contribution < -0.4 is 0 Å². The number of methoxy groups -OCH3 is 1. The molecule has 0 aliphatic heterocycles. The molecule has 0 aliphatic carbocycles. The van der Waals surface area contributed by atoms with E-state index in [2.05, 4.69) is 9.97 Å². The number of carbonyl (C=O) groups is 1. The number of nitrogens with one attached hydrogen (secondary N) is 1. The van der Waals surface area contributed by atoms with E-state index in [-0.39, 0.29) is 0 Å². The van der Waals surface area contributed by atoms with Crippen LogP contribution in [0.5, 0.6) is 0 Å². The van der Waals surface area contributed by atoms with Gasteiger partial charge in [-0.2, -0.15) is 0 Å². The fourth-order valence-electron chi connectivity index (χ4n) is 1.58. The summed E-state index contributed by atoms with van der Waals surface area (Å²) < 4.78 is 18.8. The van der Waals surface area contributed by atoms with Crippen molar-refractivity contribution < 1.29 is 19.0 Å². The first-order chi connectivity index (χ1) is 8.35. The van der Waals surface area contributed by atoms with Crippen molar-refractivity contribution in [3.05, 3.63) is 29.3 Å². The highest BCUT2D eigenvalue weighted by Gasteiger charge is 2.24. The van der Waals surface area contributed by atoms with E-state index < -0.39 is 23.0 Å². The molecule has 1 aromatic heterocycles. The molecule has 0 saturated carbocycles. The molecule has 0 aliphatic rings. The second kappa shape index (κ2) is 4.06. The number of benzene rings is 1. The van der Waals surface area contributed by atoms with Crippen molar-refractivity contribution in [1.29, 1.82) is 0 Å². The van der Waals surface area contributed by atoms with Crippen LogP contribution in [0.2, 0.25) is 0 Å². The number of hydrogen-bond donors (Lipinski definition) is 2. The Bertz CT molecular complexity index is 619. The lowest BCUT2D eigenvalue weighted by Gasteiger charge is -2.19. The summed E-state index contributed by atoms with van der Waals surface area (Å²) in [7, 11) is 1.54. The Hall–Kier alpha value is -1.95. The summed E-state index contributed by atoms with van der Waals surface area (Å²) in [6.45, 7) is 3.61. The zero-order valence-corrected chi connectivity index (χ0v) is 10.2. The lowest BCUT2D eigenvalue weighted by molar-refractivity contribution is 0.0124. The van der Waals surface area contributed by atoms with E-state index in [1.54, 1.807) is 13.8 Å². The normalized spacial score (nSPS) is 12.0. The molecule has 0 radical (unpaired) electrons. The molecule has 1 heterocycles. The number of rotatable bonds is 3. The average molecular weight is 252 g/mol. The molecule has 0 saturated heterocycles. The Morgan fingerprint density at radius 3 is 2.72 bits per heavy atom. The van der Waals surface area contributed by atoms with Crippen molar-refractivity contribution in [2.75, 3.05) is 7.11 Å². The number of fused-ring (bicyclic) bond motifs is 1. The van der Waals surface area contributed by atoms with Crippen LogP contribution in [0, 0.1) is 5.82 Å². The molecule has 5 nitrogen and oxygen atoms in total. The largest absolute Gasteiger partial charge is 0.478 e. The molecule has 0 unspecified atom stereocenters. The molecule has 0 bridgehead atoms. The van der Waals surface area contributed by atoms with Gasteiger partial charge in [-0.15, -0.1) is 0 Å². The fourth-order valence-corrected chi connectivity index (χ4v) is 1.58. The third-order valence-electron chi connectivity index (χ3n) is 2.88. The minimum absolute atomic E-state index is 0.393.